The largest absolute Gasteiger partial charge is 0.341 e. The van der Waals surface area contributed by atoms with Gasteiger partial charge >= 0.3 is 0 Å². The first-order valence-corrected chi connectivity index (χ1v) is 13.1. The number of rotatable bonds is 11. The number of nitrogens with one attached hydrogen (secondary N) is 1. The summed E-state index contributed by atoms with van der Waals surface area (Å²) >= 11 is 0. The molecule has 1 aliphatic carbocycles. The molecule has 34 heavy (non-hydrogen) atoms. The fourth-order valence-electron chi connectivity index (χ4n) is 5.18. The summed E-state index contributed by atoms with van der Waals surface area (Å²) in [5, 5.41) is 3.73. The van der Waals surface area contributed by atoms with Crippen LogP contribution in [0.3, 0.4) is 0 Å². The molecule has 178 valence electrons. The monoisotopic (exact) mass is 452 g/mol. The molecule has 0 amide bonds. The van der Waals surface area contributed by atoms with E-state index in [1.807, 2.05) is 0 Å². The van der Waals surface area contributed by atoms with Crippen molar-refractivity contribution in [3.8, 4) is 0 Å². The molecule has 2 unspecified atom stereocenters. The van der Waals surface area contributed by atoms with Crippen LogP contribution in [0.4, 0.5) is 11.4 Å². The molecule has 0 bridgehead atoms. The van der Waals surface area contributed by atoms with Crippen molar-refractivity contribution in [2.75, 3.05) is 11.4 Å². The molecule has 0 spiro atoms. The SMILES string of the molecule is CC(CC1CCC=C(CCCN(c2ccccc2)c2ccccc2)CC1)NCc1ccccc1. The maximum absolute atomic E-state index is 3.73. The Morgan fingerprint density at radius 2 is 1.44 bits per heavy atom. The van der Waals surface area contributed by atoms with Crippen LogP contribution in [0.5, 0.6) is 0 Å². The van der Waals surface area contributed by atoms with Gasteiger partial charge in [0, 0.05) is 30.5 Å². The molecule has 3 aromatic rings. The molecule has 0 heterocycles. The van der Waals surface area contributed by atoms with Crippen LogP contribution in [0.15, 0.2) is 103 Å². The number of para-hydroxylation sites is 2. The van der Waals surface area contributed by atoms with Gasteiger partial charge in [-0.05, 0) is 87.6 Å². The molecule has 1 aliphatic rings. The van der Waals surface area contributed by atoms with E-state index < -0.39 is 0 Å². The highest BCUT2D eigenvalue weighted by Crippen LogP contribution is 2.30. The molecule has 2 nitrogen and oxygen atoms in total. The molecule has 1 N–H and O–H groups in total. The van der Waals surface area contributed by atoms with Gasteiger partial charge in [0.1, 0.15) is 0 Å². The maximum Gasteiger partial charge on any atom is 0.0410 e. The molecular formula is C32H40N2. The Morgan fingerprint density at radius 3 is 2.09 bits per heavy atom. The quantitative estimate of drug-likeness (QED) is 0.294. The molecule has 2 heteroatoms. The Hall–Kier alpha value is -2.84. The van der Waals surface area contributed by atoms with E-state index in [2.05, 4.69) is 114 Å². The van der Waals surface area contributed by atoms with Crippen LogP contribution >= 0.6 is 0 Å². The van der Waals surface area contributed by atoms with Gasteiger partial charge in [-0.15, -0.1) is 0 Å². The minimum Gasteiger partial charge on any atom is -0.341 e. The van der Waals surface area contributed by atoms with Gasteiger partial charge in [0.05, 0.1) is 0 Å². The average molecular weight is 453 g/mol. The summed E-state index contributed by atoms with van der Waals surface area (Å²) in [6.07, 6.45) is 11.4. The highest BCUT2D eigenvalue weighted by molar-refractivity contribution is 5.62. The van der Waals surface area contributed by atoms with E-state index in [1.54, 1.807) is 5.57 Å². The van der Waals surface area contributed by atoms with Crippen molar-refractivity contribution in [2.45, 2.75) is 64.5 Å². The van der Waals surface area contributed by atoms with Gasteiger partial charge in [-0.25, -0.2) is 0 Å². The Bertz CT molecular complexity index is 942. The third kappa shape index (κ3) is 7.60. The molecule has 0 radical (unpaired) electrons. The molecule has 0 saturated heterocycles. The Balaban J connectivity index is 1.22. The van der Waals surface area contributed by atoms with Crippen LogP contribution in [0.25, 0.3) is 0 Å². The second-order valence-corrected chi connectivity index (χ2v) is 9.77. The van der Waals surface area contributed by atoms with E-state index in [0.717, 1.165) is 19.0 Å². The number of allylic oxidation sites excluding steroid dienone is 2. The lowest BCUT2D eigenvalue weighted by Gasteiger charge is -2.25. The highest BCUT2D eigenvalue weighted by atomic mass is 15.1. The number of benzene rings is 3. The zero-order chi connectivity index (χ0) is 23.4. The van der Waals surface area contributed by atoms with Gasteiger partial charge < -0.3 is 10.2 Å². The lowest BCUT2D eigenvalue weighted by Crippen LogP contribution is -2.27. The molecule has 0 fully saturated rings. The van der Waals surface area contributed by atoms with Gasteiger partial charge in [0.15, 0.2) is 0 Å². The van der Waals surface area contributed by atoms with E-state index in [4.69, 9.17) is 0 Å². The van der Waals surface area contributed by atoms with Crippen molar-refractivity contribution in [1.29, 1.82) is 0 Å². The van der Waals surface area contributed by atoms with Crippen molar-refractivity contribution in [1.82, 2.24) is 5.32 Å². The number of nitrogens with zero attached hydrogens (tertiary/aromatic N) is 1. The predicted octanol–water partition coefficient (Wildman–Crippen LogP) is 8.29. The molecular weight excluding hydrogens is 412 g/mol. The first-order chi connectivity index (χ1) is 16.8. The van der Waals surface area contributed by atoms with Crippen molar-refractivity contribution in [3.63, 3.8) is 0 Å². The Morgan fingerprint density at radius 1 is 0.824 bits per heavy atom. The average Bonchev–Trinajstić information content (AvgIpc) is 3.12. The maximum atomic E-state index is 3.73. The second-order valence-electron chi connectivity index (χ2n) is 9.77. The molecule has 3 aromatic carbocycles. The summed E-state index contributed by atoms with van der Waals surface area (Å²) in [6, 6.07) is 32.9. The topological polar surface area (TPSA) is 15.3 Å². The zero-order valence-electron chi connectivity index (χ0n) is 20.7. The van der Waals surface area contributed by atoms with Gasteiger partial charge in [0.2, 0.25) is 0 Å². The van der Waals surface area contributed by atoms with Crippen molar-refractivity contribution >= 4 is 11.4 Å². The van der Waals surface area contributed by atoms with Gasteiger partial charge in [-0.3, -0.25) is 0 Å². The summed E-state index contributed by atoms with van der Waals surface area (Å²) < 4.78 is 0. The third-order valence-electron chi connectivity index (χ3n) is 7.08. The van der Waals surface area contributed by atoms with E-state index in [1.165, 1.54) is 61.9 Å². The lowest BCUT2D eigenvalue weighted by molar-refractivity contribution is 0.365. The third-order valence-corrected chi connectivity index (χ3v) is 7.08. The van der Waals surface area contributed by atoms with Gasteiger partial charge in [-0.1, -0.05) is 78.4 Å². The summed E-state index contributed by atoms with van der Waals surface area (Å²) in [7, 11) is 0. The number of hydrogen-bond donors (Lipinski definition) is 1. The molecule has 0 aromatic heterocycles. The van der Waals surface area contributed by atoms with Crippen LogP contribution in [0.1, 0.15) is 57.4 Å². The highest BCUT2D eigenvalue weighted by Gasteiger charge is 2.17. The summed E-state index contributed by atoms with van der Waals surface area (Å²) in [6.45, 7) is 4.37. The van der Waals surface area contributed by atoms with Gasteiger partial charge in [-0.2, -0.15) is 0 Å². The minimum absolute atomic E-state index is 0.567. The van der Waals surface area contributed by atoms with E-state index in [9.17, 15) is 0 Å². The van der Waals surface area contributed by atoms with E-state index in [0.29, 0.717) is 6.04 Å². The fraction of sp³-hybridized carbons (Fsp3) is 0.375. The number of anilines is 2. The van der Waals surface area contributed by atoms with Crippen LogP contribution in [0, 0.1) is 5.92 Å². The summed E-state index contributed by atoms with van der Waals surface area (Å²) in [5.41, 5.74) is 5.61. The van der Waals surface area contributed by atoms with Crippen LogP contribution < -0.4 is 10.2 Å². The van der Waals surface area contributed by atoms with Crippen LogP contribution in [0.2, 0.25) is 0 Å². The summed E-state index contributed by atoms with van der Waals surface area (Å²) in [4.78, 5) is 2.46. The Labute approximate surface area is 206 Å². The first kappa shape index (κ1) is 24.3. The van der Waals surface area contributed by atoms with Crippen molar-refractivity contribution in [3.05, 3.63) is 108 Å². The predicted molar refractivity (Wildman–Crippen MR) is 147 cm³/mol. The van der Waals surface area contributed by atoms with Crippen LogP contribution in [-0.2, 0) is 6.54 Å². The molecule has 2 atom stereocenters. The van der Waals surface area contributed by atoms with Crippen LogP contribution in [-0.4, -0.2) is 12.6 Å². The smallest absolute Gasteiger partial charge is 0.0410 e. The molecule has 0 aliphatic heterocycles. The zero-order valence-corrected chi connectivity index (χ0v) is 20.7. The molecule has 4 rings (SSSR count). The molecule has 0 saturated carbocycles. The summed E-state index contributed by atoms with van der Waals surface area (Å²) in [5.74, 6) is 0.831. The first-order valence-electron chi connectivity index (χ1n) is 13.1. The Kier molecular flexibility index (Phi) is 9.39. The van der Waals surface area contributed by atoms with Crippen molar-refractivity contribution < 1.29 is 0 Å². The number of hydrogen-bond acceptors (Lipinski definition) is 2. The normalized spacial score (nSPS) is 17.0. The second kappa shape index (κ2) is 13.2. The van der Waals surface area contributed by atoms with E-state index >= 15 is 0 Å². The lowest BCUT2D eigenvalue weighted by atomic mass is 9.92. The minimum atomic E-state index is 0.567. The van der Waals surface area contributed by atoms with Gasteiger partial charge in [0.25, 0.3) is 0 Å². The fourth-order valence-corrected chi connectivity index (χ4v) is 5.18. The van der Waals surface area contributed by atoms with E-state index in [-0.39, 0.29) is 0 Å². The van der Waals surface area contributed by atoms with Crippen molar-refractivity contribution in [2.24, 2.45) is 5.92 Å². The standard InChI is InChI=1S/C32H40N2/c1-27(33-26-30-13-5-2-6-14-30)25-29-16-11-15-28(22-23-29)17-12-24-34(31-18-7-3-8-19-31)32-20-9-4-10-21-32/h2-10,13-15,18-21,27,29,33H,11-12,16-17,22-26H2,1H3.